The number of amides is 2. The average molecular weight is 332 g/mol. The molecule has 0 aromatic heterocycles. The highest BCUT2D eigenvalue weighted by Gasteiger charge is 2.21. The van der Waals surface area contributed by atoms with Crippen LogP contribution in [0.5, 0.6) is 0 Å². The molecule has 0 atom stereocenters. The first-order chi connectivity index (χ1) is 11.4. The number of carbonyl (C=O) groups is 2. The van der Waals surface area contributed by atoms with Crippen LogP contribution in [0.2, 0.25) is 0 Å². The zero-order chi connectivity index (χ0) is 17.7. The highest BCUT2D eigenvalue weighted by atomic mass is 16.2. The summed E-state index contributed by atoms with van der Waals surface area (Å²) in [6, 6.07) is 8.25. The van der Waals surface area contributed by atoms with Gasteiger partial charge >= 0.3 is 0 Å². The van der Waals surface area contributed by atoms with Crippen LogP contribution >= 0.6 is 0 Å². The van der Waals surface area contributed by atoms with Gasteiger partial charge in [-0.2, -0.15) is 0 Å². The molecule has 1 saturated heterocycles. The van der Waals surface area contributed by atoms with Gasteiger partial charge in [0.1, 0.15) is 0 Å². The van der Waals surface area contributed by atoms with Gasteiger partial charge in [0.15, 0.2) is 0 Å². The Labute approximate surface area is 144 Å². The highest BCUT2D eigenvalue weighted by Crippen LogP contribution is 2.13. The van der Waals surface area contributed by atoms with Gasteiger partial charge in [-0.05, 0) is 17.7 Å². The monoisotopic (exact) mass is 332 g/mol. The summed E-state index contributed by atoms with van der Waals surface area (Å²) < 4.78 is 0. The van der Waals surface area contributed by atoms with Crippen LogP contribution < -0.4 is 4.90 Å². The Morgan fingerprint density at radius 3 is 2.08 bits per heavy atom. The van der Waals surface area contributed by atoms with Gasteiger partial charge in [0.2, 0.25) is 11.8 Å². The van der Waals surface area contributed by atoms with Crippen molar-refractivity contribution in [2.45, 2.75) is 13.5 Å². The minimum absolute atomic E-state index is 0.110. The zero-order valence-corrected chi connectivity index (χ0v) is 15.2. The normalized spacial score (nSPS) is 15.2. The fourth-order valence-corrected chi connectivity index (χ4v) is 2.79. The maximum Gasteiger partial charge on any atom is 0.236 e. The van der Waals surface area contributed by atoms with Crippen LogP contribution in [0, 0.1) is 0 Å². The van der Waals surface area contributed by atoms with Crippen molar-refractivity contribution >= 4 is 17.5 Å². The first-order valence-corrected chi connectivity index (χ1v) is 8.35. The molecule has 0 bridgehead atoms. The van der Waals surface area contributed by atoms with Crippen molar-refractivity contribution in [3.8, 4) is 0 Å². The van der Waals surface area contributed by atoms with E-state index in [0.29, 0.717) is 26.2 Å². The molecule has 24 heavy (non-hydrogen) atoms. The summed E-state index contributed by atoms with van der Waals surface area (Å²) in [6.07, 6.45) is 0. The number of hydrogen-bond donors (Lipinski definition) is 0. The van der Waals surface area contributed by atoms with E-state index >= 15 is 0 Å². The minimum Gasteiger partial charge on any atom is -0.378 e. The van der Waals surface area contributed by atoms with E-state index in [0.717, 1.165) is 24.3 Å². The van der Waals surface area contributed by atoms with E-state index in [9.17, 15) is 9.59 Å². The third-order valence-corrected chi connectivity index (χ3v) is 4.47. The Hall–Kier alpha value is -2.08. The number of likely N-dealkylation sites (N-methyl/N-ethyl adjacent to an activating group) is 1. The fourth-order valence-electron chi connectivity index (χ4n) is 2.79. The molecule has 0 aliphatic carbocycles. The van der Waals surface area contributed by atoms with E-state index in [1.807, 2.05) is 26.0 Å². The SMILES string of the molecule is CC(=O)N1CCN(CC(=O)N(C)Cc2ccc(N(C)C)cc2)CC1. The van der Waals surface area contributed by atoms with E-state index in [-0.39, 0.29) is 11.8 Å². The van der Waals surface area contributed by atoms with Gasteiger partial charge in [-0.15, -0.1) is 0 Å². The van der Waals surface area contributed by atoms with Gasteiger partial charge in [0.05, 0.1) is 6.54 Å². The molecule has 0 N–H and O–H groups in total. The quantitative estimate of drug-likeness (QED) is 0.803. The lowest BCUT2D eigenvalue weighted by molar-refractivity contribution is -0.133. The van der Waals surface area contributed by atoms with E-state index in [1.54, 1.807) is 11.8 Å². The lowest BCUT2D eigenvalue weighted by Gasteiger charge is -2.34. The summed E-state index contributed by atoms with van der Waals surface area (Å²) in [5, 5.41) is 0. The predicted octanol–water partition coefficient (Wildman–Crippen LogP) is 0.875. The smallest absolute Gasteiger partial charge is 0.236 e. The minimum atomic E-state index is 0.110. The molecular weight excluding hydrogens is 304 g/mol. The molecule has 0 spiro atoms. The van der Waals surface area contributed by atoms with E-state index in [2.05, 4.69) is 34.1 Å². The van der Waals surface area contributed by atoms with Crippen molar-refractivity contribution in [1.29, 1.82) is 0 Å². The number of hydrogen-bond acceptors (Lipinski definition) is 4. The Morgan fingerprint density at radius 2 is 1.58 bits per heavy atom. The van der Waals surface area contributed by atoms with Crippen LogP contribution in [-0.2, 0) is 16.1 Å². The number of anilines is 1. The summed E-state index contributed by atoms with van der Waals surface area (Å²) >= 11 is 0. The zero-order valence-electron chi connectivity index (χ0n) is 15.2. The van der Waals surface area contributed by atoms with Crippen LogP contribution in [0.4, 0.5) is 5.69 Å². The number of rotatable bonds is 5. The van der Waals surface area contributed by atoms with Gasteiger partial charge in [-0.25, -0.2) is 0 Å². The average Bonchev–Trinajstić information content (AvgIpc) is 2.55. The number of carbonyl (C=O) groups excluding carboxylic acids is 2. The standard InChI is InChI=1S/C18H28N4O2/c1-15(23)22-11-9-21(10-12-22)14-18(24)20(4)13-16-5-7-17(8-6-16)19(2)3/h5-8H,9-14H2,1-4H3. The van der Waals surface area contributed by atoms with E-state index < -0.39 is 0 Å². The summed E-state index contributed by atoms with van der Waals surface area (Å²) in [6.45, 7) is 5.55. The summed E-state index contributed by atoms with van der Waals surface area (Å²) in [7, 11) is 5.86. The summed E-state index contributed by atoms with van der Waals surface area (Å²) in [5.74, 6) is 0.224. The maximum absolute atomic E-state index is 12.4. The van der Waals surface area contributed by atoms with Crippen molar-refractivity contribution in [2.24, 2.45) is 0 Å². The van der Waals surface area contributed by atoms with Gasteiger partial charge in [0, 0.05) is 66.5 Å². The molecule has 1 aliphatic rings. The second-order valence-electron chi connectivity index (χ2n) is 6.59. The molecule has 2 amide bonds. The molecule has 1 aromatic carbocycles. The second kappa shape index (κ2) is 8.15. The first kappa shape index (κ1) is 18.3. The first-order valence-electron chi connectivity index (χ1n) is 8.35. The van der Waals surface area contributed by atoms with Crippen LogP contribution in [-0.4, -0.2) is 80.4 Å². The Balaban J connectivity index is 1.81. The molecule has 0 saturated carbocycles. The molecule has 6 heteroatoms. The van der Waals surface area contributed by atoms with Crippen molar-refractivity contribution < 1.29 is 9.59 Å². The topological polar surface area (TPSA) is 47.1 Å². The number of nitrogens with zero attached hydrogens (tertiary/aromatic N) is 4. The van der Waals surface area contributed by atoms with Crippen molar-refractivity contribution in [2.75, 3.05) is 58.8 Å². The number of piperazine rings is 1. The summed E-state index contributed by atoms with van der Waals surface area (Å²) in [5.41, 5.74) is 2.27. The van der Waals surface area contributed by atoms with Crippen LogP contribution in [0.3, 0.4) is 0 Å². The van der Waals surface area contributed by atoms with Crippen LogP contribution in [0.15, 0.2) is 24.3 Å². The number of benzene rings is 1. The molecule has 1 heterocycles. The lowest BCUT2D eigenvalue weighted by atomic mass is 10.2. The maximum atomic E-state index is 12.4. The molecular formula is C18H28N4O2. The third kappa shape index (κ3) is 4.96. The highest BCUT2D eigenvalue weighted by molar-refractivity contribution is 5.78. The molecule has 2 rings (SSSR count). The van der Waals surface area contributed by atoms with Gasteiger partial charge in [-0.1, -0.05) is 12.1 Å². The molecule has 132 valence electrons. The molecule has 0 unspecified atom stereocenters. The third-order valence-electron chi connectivity index (χ3n) is 4.47. The van der Waals surface area contributed by atoms with Gasteiger partial charge in [0.25, 0.3) is 0 Å². The predicted molar refractivity (Wildman–Crippen MR) is 95.9 cm³/mol. The fraction of sp³-hybridized carbons (Fsp3) is 0.556. The molecule has 1 aliphatic heterocycles. The van der Waals surface area contributed by atoms with Crippen LogP contribution in [0.1, 0.15) is 12.5 Å². The molecule has 1 fully saturated rings. The van der Waals surface area contributed by atoms with Crippen molar-refractivity contribution in [3.63, 3.8) is 0 Å². The lowest BCUT2D eigenvalue weighted by Crippen LogP contribution is -2.50. The van der Waals surface area contributed by atoms with Crippen molar-refractivity contribution in [3.05, 3.63) is 29.8 Å². The summed E-state index contributed by atoms with van der Waals surface area (Å²) in [4.78, 5) is 31.5. The second-order valence-corrected chi connectivity index (χ2v) is 6.59. The molecule has 0 radical (unpaired) electrons. The largest absolute Gasteiger partial charge is 0.378 e. The van der Waals surface area contributed by atoms with Gasteiger partial charge in [-0.3, -0.25) is 14.5 Å². The Kier molecular flexibility index (Phi) is 6.20. The van der Waals surface area contributed by atoms with Crippen molar-refractivity contribution in [1.82, 2.24) is 14.7 Å². The van der Waals surface area contributed by atoms with Crippen LogP contribution in [0.25, 0.3) is 0 Å². The van der Waals surface area contributed by atoms with Gasteiger partial charge < -0.3 is 14.7 Å². The Morgan fingerprint density at radius 1 is 1.00 bits per heavy atom. The molecule has 6 nitrogen and oxygen atoms in total. The molecule has 1 aromatic rings. The van der Waals surface area contributed by atoms with E-state index in [4.69, 9.17) is 0 Å². The van der Waals surface area contributed by atoms with E-state index in [1.165, 1.54) is 0 Å². The Bertz CT molecular complexity index is 563.